The quantitative estimate of drug-likeness (QED) is 0.737. The maximum Gasteiger partial charge on any atom is 0.225 e. The van der Waals surface area contributed by atoms with E-state index in [9.17, 15) is 4.79 Å². The van der Waals surface area contributed by atoms with E-state index < -0.39 is 0 Å². The van der Waals surface area contributed by atoms with Crippen molar-refractivity contribution in [2.24, 2.45) is 5.92 Å². The topological polar surface area (TPSA) is 32.3 Å². The van der Waals surface area contributed by atoms with Gasteiger partial charge in [-0.25, -0.2) is 0 Å². The van der Waals surface area contributed by atoms with Gasteiger partial charge in [0.05, 0.1) is 0 Å². The number of hydrogen-bond acceptors (Lipinski definition) is 2. The third kappa shape index (κ3) is 2.71. The maximum absolute atomic E-state index is 11.9. The summed E-state index contributed by atoms with van der Waals surface area (Å²) >= 11 is 0. The highest BCUT2D eigenvalue weighted by Crippen LogP contribution is 2.12. The summed E-state index contributed by atoms with van der Waals surface area (Å²) in [6.45, 7) is 9.02. The minimum atomic E-state index is 0.127. The van der Waals surface area contributed by atoms with Gasteiger partial charge < -0.3 is 10.2 Å². The monoisotopic (exact) mass is 198 g/mol. The molecule has 82 valence electrons. The fraction of sp³-hybridized carbons (Fsp3) is 0.909. The zero-order valence-corrected chi connectivity index (χ0v) is 9.55. The van der Waals surface area contributed by atoms with Gasteiger partial charge in [0.1, 0.15) is 0 Å². The minimum Gasteiger partial charge on any atom is -0.338 e. The second kappa shape index (κ2) is 5.35. The number of hydrogen-bond donors (Lipinski definition) is 1. The summed E-state index contributed by atoms with van der Waals surface area (Å²) < 4.78 is 0. The van der Waals surface area contributed by atoms with Crippen molar-refractivity contribution < 1.29 is 4.79 Å². The third-order valence-electron chi connectivity index (χ3n) is 2.72. The molecular formula is C11H22N2O. The largest absolute Gasteiger partial charge is 0.338 e. The molecule has 1 atom stereocenters. The van der Waals surface area contributed by atoms with E-state index in [1.165, 1.54) is 0 Å². The molecule has 0 aromatic rings. The first-order valence-electron chi connectivity index (χ1n) is 5.68. The van der Waals surface area contributed by atoms with Crippen LogP contribution in [0.3, 0.4) is 0 Å². The highest BCUT2D eigenvalue weighted by atomic mass is 16.2. The maximum atomic E-state index is 11.9. The molecule has 1 amide bonds. The Morgan fingerprint density at radius 2 is 2.29 bits per heavy atom. The van der Waals surface area contributed by atoms with Crippen LogP contribution in [0.1, 0.15) is 33.6 Å². The average molecular weight is 198 g/mol. The molecule has 0 bridgehead atoms. The van der Waals surface area contributed by atoms with Crippen LogP contribution in [0.4, 0.5) is 0 Å². The average Bonchev–Trinajstić information content (AvgIpc) is 2.65. The lowest BCUT2D eigenvalue weighted by Gasteiger charge is -2.29. The molecule has 0 aromatic heterocycles. The van der Waals surface area contributed by atoms with Crippen molar-refractivity contribution in [2.75, 3.05) is 19.6 Å². The predicted molar refractivity (Wildman–Crippen MR) is 58.1 cm³/mol. The molecule has 1 heterocycles. The van der Waals surface area contributed by atoms with Crippen molar-refractivity contribution in [1.29, 1.82) is 0 Å². The van der Waals surface area contributed by atoms with Gasteiger partial charge in [0.25, 0.3) is 0 Å². The Morgan fingerprint density at radius 3 is 2.71 bits per heavy atom. The second-order valence-electron chi connectivity index (χ2n) is 4.33. The van der Waals surface area contributed by atoms with Crippen LogP contribution in [-0.2, 0) is 4.79 Å². The van der Waals surface area contributed by atoms with Crippen LogP contribution in [-0.4, -0.2) is 36.5 Å². The van der Waals surface area contributed by atoms with Crippen LogP contribution in [0.15, 0.2) is 0 Å². The molecule has 3 nitrogen and oxygen atoms in total. The van der Waals surface area contributed by atoms with Crippen LogP contribution in [0, 0.1) is 5.92 Å². The van der Waals surface area contributed by atoms with E-state index in [0.29, 0.717) is 11.9 Å². The Kier molecular flexibility index (Phi) is 4.39. The summed E-state index contributed by atoms with van der Waals surface area (Å²) in [6.07, 6.45) is 2.16. The molecule has 3 heteroatoms. The van der Waals surface area contributed by atoms with Crippen molar-refractivity contribution in [2.45, 2.75) is 39.7 Å². The van der Waals surface area contributed by atoms with Crippen molar-refractivity contribution in [3.8, 4) is 0 Å². The van der Waals surface area contributed by atoms with Crippen LogP contribution in [0.25, 0.3) is 0 Å². The highest BCUT2D eigenvalue weighted by Gasteiger charge is 2.26. The summed E-state index contributed by atoms with van der Waals surface area (Å²) in [5.41, 5.74) is 0. The first kappa shape index (κ1) is 11.5. The van der Waals surface area contributed by atoms with Gasteiger partial charge in [-0.2, -0.15) is 0 Å². The van der Waals surface area contributed by atoms with E-state index >= 15 is 0 Å². The predicted octanol–water partition coefficient (Wildman–Crippen LogP) is 1.24. The van der Waals surface area contributed by atoms with Gasteiger partial charge in [-0.3, -0.25) is 4.79 Å². The van der Waals surface area contributed by atoms with E-state index in [1.54, 1.807) is 0 Å². The first-order chi connectivity index (χ1) is 6.66. The molecule has 1 saturated heterocycles. The van der Waals surface area contributed by atoms with Crippen LogP contribution in [0.2, 0.25) is 0 Å². The van der Waals surface area contributed by atoms with Crippen LogP contribution >= 0.6 is 0 Å². The lowest BCUT2D eigenvalue weighted by Crippen LogP contribution is -2.44. The standard InChI is InChI=1S/C11H22N2O/c1-4-7-13(11(14)9(2)3)10-5-6-12-8-10/h9-10,12H,4-8H2,1-3H3. The lowest BCUT2D eigenvalue weighted by molar-refractivity contribution is -0.136. The van der Waals surface area contributed by atoms with Gasteiger partial charge in [-0.15, -0.1) is 0 Å². The highest BCUT2D eigenvalue weighted by molar-refractivity contribution is 5.78. The molecule has 1 unspecified atom stereocenters. The first-order valence-corrected chi connectivity index (χ1v) is 5.68. The minimum absolute atomic E-state index is 0.127. The van der Waals surface area contributed by atoms with Gasteiger partial charge in [0.2, 0.25) is 5.91 Å². The molecule has 0 aromatic carbocycles. The van der Waals surface area contributed by atoms with Crippen molar-refractivity contribution in [3.05, 3.63) is 0 Å². The molecular weight excluding hydrogens is 176 g/mol. The molecule has 1 N–H and O–H groups in total. The second-order valence-corrected chi connectivity index (χ2v) is 4.33. The Balaban J connectivity index is 2.57. The fourth-order valence-corrected chi connectivity index (χ4v) is 1.95. The van der Waals surface area contributed by atoms with E-state index in [0.717, 1.165) is 32.5 Å². The molecule has 14 heavy (non-hydrogen) atoms. The molecule has 1 aliphatic rings. The molecule has 1 fully saturated rings. The zero-order valence-electron chi connectivity index (χ0n) is 9.55. The molecule has 0 radical (unpaired) electrons. The van der Waals surface area contributed by atoms with Crippen LogP contribution in [0.5, 0.6) is 0 Å². The SMILES string of the molecule is CCCN(C(=O)C(C)C)C1CCNC1. The van der Waals surface area contributed by atoms with Gasteiger partial charge in [0, 0.05) is 25.0 Å². The number of rotatable bonds is 4. The summed E-state index contributed by atoms with van der Waals surface area (Å²) in [4.78, 5) is 14.0. The third-order valence-corrected chi connectivity index (χ3v) is 2.72. The summed E-state index contributed by atoms with van der Waals surface area (Å²) in [6, 6.07) is 0.435. The molecule has 0 spiro atoms. The Labute approximate surface area is 86.9 Å². The Morgan fingerprint density at radius 1 is 1.57 bits per heavy atom. The van der Waals surface area contributed by atoms with Gasteiger partial charge in [-0.05, 0) is 19.4 Å². The number of nitrogens with one attached hydrogen (secondary N) is 1. The van der Waals surface area contributed by atoms with Crippen molar-refractivity contribution >= 4 is 5.91 Å². The summed E-state index contributed by atoms with van der Waals surface area (Å²) in [5, 5.41) is 3.31. The normalized spacial score (nSPS) is 21.6. The lowest BCUT2D eigenvalue weighted by atomic mass is 10.1. The smallest absolute Gasteiger partial charge is 0.225 e. The Hall–Kier alpha value is -0.570. The van der Waals surface area contributed by atoms with E-state index in [1.807, 2.05) is 13.8 Å². The number of carbonyl (C=O) groups is 1. The molecule has 1 aliphatic heterocycles. The van der Waals surface area contributed by atoms with Gasteiger partial charge in [0.15, 0.2) is 0 Å². The molecule has 1 rings (SSSR count). The van der Waals surface area contributed by atoms with Crippen LogP contribution < -0.4 is 5.32 Å². The number of carbonyl (C=O) groups excluding carboxylic acids is 1. The van der Waals surface area contributed by atoms with Gasteiger partial charge >= 0.3 is 0 Å². The van der Waals surface area contributed by atoms with E-state index in [4.69, 9.17) is 0 Å². The summed E-state index contributed by atoms with van der Waals surface area (Å²) in [7, 11) is 0. The number of amides is 1. The molecule has 0 aliphatic carbocycles. The van der Waals surface area contributed by atoms with E-state index in [2.05, 4.69) is 17.1 Å². The fourth-order valence-electron chi connectivity index (χ4n) is 1.95. The zero-order chi connectivity index (χ0) is 10.6. The summed E-state index contributed by atoms with van der Waals surface area (Å²) in [5.74, 6) is 0.433. The molecule has 0 saturated carbocycles. The Bertz CT molecular complexity index is 186. The van der Waals surface area contributed by atoms with Crippen molar-refractivity contribution in [3.63, 3.8) is 0 Å². The number of nitrogens with zero attached hydrogens (tertiary/aromatic N) is 1. The van der Waals surface area contributed by atoms with Crippen molar-refractivity contribution in [1.82, 2.24) is 10.2 Å². The van der Waals surface area contributed by atoms with E-state index in [-0.39, 0.29) is 5.92 Å². The van der Waals surface area contributed by atoms with Gasteiger partial charge in [-0.1, -0.05) is 20.8 Å².